The second kappa shape index (κ2) is 4.62. The lowest BCUT2D eigenvalue weighted by Crippen LogP contribution is -2.43. The Hall–Kier alpha value is -1.95. The molecule has 0 N–H and O–H groups in total. The molecule has 2 saturated heterocycles. The van der Waals surface area contributed by atoms with Crippen LogP contribution in [0, 0.1) is 10.1 Å². The highest BCUT2D eigenvalue weighted by Gasteiger charge is 2.34. The third-order valence-electron chi connectivity index (χ3n) is 3.73. The van der Waals surface area contributed by atoms with E-state index in [-0.39, 0.29) is 17.9 Å². The summed E-state index contributed by atoms with van der Waals surface area (Å²) in [7, 11) is 0. The maximum Gasteiger partial charge on any atom is 0.270 e. The number of benzene rings is 1. The van der Waals surface area contributed by atoms with Crippen molar-refractivity contribution in [1.82, 2.24) is 0 Å². The molecule has 6 nitrogen and oxygen atoms in total. The minimum Gasteiger partial charge on any atom is -0.371 e. The van der Waals surface area contributed by atoms with Crippen molar-refractivity contribution in [2.45, 2.75) is 25.0 Å². The summed E-state index contributed by atoms with van der Waals surface area (Å²) < 4.78 is 5.75. The van der Waals surface area contributed by atoms with Crippen LogP contribution in [0.2, 0.25) is 0 Å². The quantitative estimate of drug-likeness (QED) is 0.471. The average Bonchev–Trinajstić information content (AvgIpc) is 2.76. The standard InChI is InChI=1S/C13H14N2O4/c16-8-9-5-10(15(17)18)1-4-13(9)14-6-11-2-3-12(7-14)19-11/h1,4-5,8,11-12H,2-3,6-7H2. The van der Waals surface area contributed by atoms with Gasteiger partial charge in [0.2, 0.25) is 0 Å². The second-order valence-electron chi connectivity index (χ2n) is 4.98. The Labute approximate surface area is 110 Å². The van der Waals surface area contributed by atoms with E-state index in [0.717, 1.165) is 31.6 Å². The molecular formula is C13H14N2O4. The van der Waals surface area contributed by atoms with Gasteiger partial charge in [0.05, 0.1) is 17.1 Å². The predicted molar refractivity (Wildman–Crippen MR) is 68.6 cm³/mol. The van der Waals surface area contributed by atoms with E-state index < -0.39 is 4.92 Å². The van der Waals surface area contributed by atoms with E-state index in [1.54, 1.807) is 6.07 Å². The van der Waals surface area contributed by atoms with Gasteiger partial charge in [-0.2, -0.15) is 0 Å². The zero-order valence-corrected chi connectivity index (χ0v) is 10.3. The van der Waals surface area contributed by atoms with E-state index in [0.29, 0.717) is 11.8 Å². The van der Waals surface area contributed by atoms with Gasteiger partial charge < -0.3 is 9.64 Å². The van der Waals surface area contributed by atoms with E-state index in [2.05, 4.69) is 4.90 Å². The molecule has 2 unspecified atom stereocenters. The number of nitrogens with zero attached hydrogens (tertiary/aromatic N) is 2. The van der Waals surface area contributed by atoms with Crippen LogP contribution >= 0.6 is 0 Å². The molecule has 0 aliphatic carbocycles. The molecule has 1 aromatic rings. The van der Waals surface area contributed by atoms with Gasteiger partial charge in [-0.25, -0.2) is 0 Å². The number of nitro benzene ring substituents is 1. The van der Waals surface area contributed by atoms with Crippen molar-refractivity contribution in [2.24, 2.45) is 0 Å². The highest BCUT2D eigenvalue weighted by molar-refractivity contribution is 5.86. The van der Waals surface area contributed by atoms with Crippen molar-refractivity contribution >= 4 is 17.7 Å². The lowest BCUT2D eigenvalue weighted by molar-refractivity contribution is -0.384. The Balaban J connectivity index is 1.91. The van der Waals surface area contributed by atoms with E-state index in [4.69, 9.17) is 4.74 Å². The van der Waals surface area contributed by atoms with Crippen LogP contribution in [-0.2, 0) is 4.74 Å². The van der Waals surface area contributed by atoms with Crippen LogP contribution in [0.15, 0.2) is 18.2 Å². The molecule has 1 aromatic carbocycles. The number of morpholine rings is 1. The largest absolute Gasteiger partial charge is 0.371 e. The van der Waals surface area contributed by atoms with Gasteiger partial charge in [0, 0.05) is 36.5 Å². The third kappa shape index (κ3) is 2.19. The molecule has 2 heterocycles. The number of hydrogen-bond acceptors (Lipinski definition) is 5. The molecule has 0 radical (unpaired) electrons. The van der Waals surface area contributed by atoms with Gasteiger partial charge in [-0.05, 0) is 18.9 Å². The number of aldehydes is 1. The van der Waals surface area contributed by atoms with E-state index in [9.17, 15) is 14.9 Å². The Morgan fingerprint density at radius 3 is 2.58 bits per heavy atom. The maximum absolute atomic E-state index is 11.1. The molecule has 0 saturated carbocycles. The number of carbonyl (C=O) groups excluding carboxylic acids is 1. The van der Waals surface area contributed by atoms with Crippen LogP contribution in [0.1, 0.15) is 23.2 Å². The number of nitro groups is 1. The van der Waals surface area contributed by atoms with E-state index in [1.165, 1.54) is 12.1 Å². The number of non-ortho nitro benzene ring substituents is 1. The van der Waals surface area contributed by atoms with Gasteiger partial charge >= 0.3 is 0 Å². The molecule has 100 valence electrons. The lowest BCUT2D eigenvalue weighted by atomic mass is 10.1. The Bertz CT molecular complexity index is 519. The summed E-state index contributed by atoms with van der Waals surface area (Å²) >= 11 is 0. The number of hydrogen-bond donors (Lipinski definition) is 0. The molecule has 2 bridgehead atoms. The van der Waals surface area contributed by atoms with Crippen molar-refractivity contribution in [1.29, 1.82) is 0 Å². The normalized spacial score (nSPS) is 25.4. The minimum absolute atomic E-state index is 0.0536. The van der Waals surface area contributed by atoms with Crippen LogP contribution in [0.3, 0.4) is 0 Å². The first-order chi connectivity index (χ1) is 9.17. The molecule has 2 atom stereocenters. The summed E-state index contributed by atoms with van der Waals surface area (Å²) in [6.45, 7) is 1.49. The Morgan fingerprint density at radius 2 is 2.00 bits per heavy atom. The fourth-order valence-corrected chi connectivity index (χ4v) is 2.85. The second-order valence-corrected chi connectivity index (χ2v) is 4.98. The smallest absolute Gasteiger partial charge is 0.270 e. The summed E-state index contributed by atoms with van der Waals surface area (Å²) in [6, 6.07) is 4.44. The van der Waals surface area contributed by atoms with Crippen molar-refractivity contribution in [3.8, 4) is 0 Å². The van der Waals surface area contributed by atoms with Crippen LogP contribution < -0.4 is 4.90 Å². The van der Waals surface area contributed by atoms with Crippen LogP contribution in [-0.4, -0.2) is 36.5 Å². The molecule has 0 aromatic heterocycles. The Kier molecular flexibility index (Phi) is 2.94. The predicted octanol–water partition coefficient (Wildman–Crippen LogP) is 1.77. The molecule has 3 rings (SSSR count). The van der Waals surface area contributed by atoms with E-state index >= 15 is 0 Å². The number of fused-ring (bicyclic) bond motifs is 2. The molecule has 0 amide bonds. The highest BCUT2D eigenvalue weighted by Crippen LogP contribution is 2.32. The summed E-state index contributed by atoms with van der Waals surface area (Å²) in [4.78, 5) is 23.5. The van der Waals surface area contributed by atoms with Gasteiger partial charge in [-0.1, -0.05) is 0 Å². The maximum atomic E-state index is 11.1. The highest BCUT2D eigenvalue weighted by atomic mass is 16.6. The molecule has 2 fully saturated rings. The van der Waals surface area contributed by atoms with Crippen LogP contribution in [0.4, 0.5) is 11.4 Å². The number of rotatable bonds is 3. The third-order valence-corrected chi connectivity index (χ3v) is 3.73. The average molecular weight is 262 g/mol. The first-order valence-electron chi connectivity index (χ1n) is 6.31. The summed E-state index contributed by atoms with van der Waals surface area (Å²) in [5, 5.41) is 10.7. The van der Waals surface area contributed by atoms with Crippen molar-refractivity contribution < 1.29 is 14.5 Å². The molecule has 19 heavy (non-hydrogen) atoms. The van der Waals surface area contributed by atoms with Gasteiger partial charge in [0.25, 0.3) is 5.69 Å². The van der Waals surface area contributed by atoms with Crippen LogP contribution in [0.25, 0.3) is 0 Å². The summed E-state index contributed by atoms with van der Waals surface area (Å²) in [5.41, 5.74) is 1.08. The van der Waals surface area contributed by atoms with Gasteiger partial charge in [-0.15, -0.1) is 0 Å². The monoisotopic (exact) mass is 262 g/mol. The fraction of sp³-hybridized carbons (Fsp3) is 0.462. The van der Waals surface area contributed by atoms with Gasteiger partial charge in [-0.3, -0.25) is 14.9 Å². The molecule has 6 heteroatoms. The zero-order chi connectivity index (χ0) is 13.4. The molecule has 2 aliphatic heterocycles. The van der Waals surface area contributed by atoms with Crippen molar-refractivity contribution in [3.05, 3.63) is 33.9 Å². The SMILES string of the molecule is O=Cc1cc([N+](=O)[O-])ccc1N1CC2CCC(C1)O2. The van der Waals surface area contributed by atoms with Gasteiger partial charge in [0.15, 0.2) is 6.29 Å². The van der Waals surface area contributed by atoms with E-state index in [1.807, 2.05) is 0 Å². The zero-order valence-electron chi connectivity index (χ0n) is 10.3. The minimum atomic E-state index is -0.486. The fourth-order valence-electron chi connectivity index (χ4n) is 2.85. The molecule has 0 spiro atoms. The Morgan fingerprint density at radius 1 is 1.32 bits per heavy atom. The first-order valence-corrected chi connectivity index (χ1v) is 6.31. The summed E-state index contributed by atoms with van der Waals surface area (Å²) in [6.07, 6.45) is 3.20. The number of ether oxygens (including phenoxy) is 1. The molecular weight excluding hydrogens is 248 g/mol. The molecule has 2 aliphatic rings. The van der Waals surface area contributed by atoms with Crippen molar-refractivity contribution in [3.63, 3.8) is 0 Å². The first kappa shape index (κ1) is 12.1. The lowest BCUT2D eigenvalue weighted by Gasteiger charge is -2.34. The summed E-state index contributed by atoms with van der Waals surface area (Å²) in [5.74, 6) is 0. The van der Waals surface area contributed by atoms with Crippen molar-refractivity contribution in [2.75, 3.05) is 18.0 Å². The number of anilines is 1. The number of carbonyl (C=O) groups is 1. The topological polar surface area (TPSA) is 72.7 Å². The van der Waals surface area contributed by atoms with Crippen LogP contribution in [0.5, 0.6) is 0 Å². The van der Waals surface area contributed by atoms with Gasteiger partial charge in [0.1, 0.15) is 0 Å².